The largest absolute Gasteiger partial charge is 0.450 e. The van der Waals surface area contributed by atoms with Crippen LogP contribution >= 0.6 is 11.3 Å². The van der Waals surface area contributed by atoms with Crippen LogP contribution in [0.2, 0.25) is 0 Å². The van der Waals surface area contributed by atoms with Crippen molar-refractivity contribution >= 4 is 86.2 Å². The molecule has 0 fully saturated rings. The number of furan rings is 1. The number of thiophene rings is 1. The van der Waals surface area contributed by atoms with Gasteiger partial charge in [0.1, 0.15) is 11.1 Å². The normalized spacial score (nSPS) is 12.2. The van der Waals surface area contributed by atoms with E-state index in [0.29, 0.717) is 11.4 Å². The van der Waals surface area contributed by atoms with Crippen LogP contribution in [0.3, 0.4) is 0 Å². The smallest absolute Gasteiger partial charge is 0.197 e. The van der Waals surface area contributed by atoms with E-state index in [0.717, 1.165) is 38.9 Å². The molecule has 0 amide bonds. The topological polar surface area (TPSA) is 43.9 Å². The van der Waals surface area contributed by atoms with E-state index in [1.54, 1.807) is 0 Å². The molecule has 0 spiro atoms. The molecule has 4 aromatic heterocycles. The Morgan fingerprint density at radius 3 is 2.16 bits per heavy atom. The van der Waals surface area contributed by atoms with Crippen LogP contribution in [0.5, 0.6) is 0 Å². The van der Waals surface area contributed by atoms with Gasteiger partial charge in [-0.25, -0.2) is 9.97 Å². The molecular weight excluding hydrogens is 547 g/mol. The number of rotatable bonds is 2. The Morgan fingerprint density at radius 1 is 0.535 bits per heavy atom. The van der Waals surface area contributed by atoms with Gasteiger partial charge in [0.15, 0.2) is 17.2 Å². The van der Waals surface area contributed by atoms with Gasteiger partial charge in [-0.05, 0) is 65.4 Å². The van der Waals surface area contributed by atoms with Gasteiger partial charge in [-0.1, -0.05) is 72.8 Å². The fourth-order valence-electron chi connectivity index (χ4n) is 6.61. The Hall–Kier alpha value is -5.52. The zero-order valence-electron chi connectivity index (χ0n) is 22.8. The average Bonchev–Trinajstić information content (AvgIpc) is 3.72. The first-order chi connectivity index (χ1) is 21.3. The second-order valence-corrected chi connectivity index (χ2v) is 12.1. The number of aromatic nitrogens is 3. The summed E-state index contributed by atoms with van der Waals surface area (Å²) in [6.07, 6.45) is 0. The second-order valence-electron chi connectivity index (χ2n) is 11.0. The van der Waals surface area contributed by atoms with Crippen molar-refractivity contribution in [2.75, 3.05) is 0 Å². The molecule has 0 atom stereocenters. The molecule has 10 aromatic rings. The maximum Gasteiger partial charge on any atom is 0.197 e. The van der Waals surface area contributed by atoms with Crippen molar-refractivity contribution in [1.29, 1.82) is 0 Å². The van der Waals surface area contributed by atoms with Crippen molar-refractivity contribution in [2.45, 2.75) is 0 Å². The first kappa shape index (κ1) is 23.1. The molecule has 0 N–H and O–H groups in total. The molecule has 0 saturated carbocycles. The van der Waals surface area contributed by atoms with E-state index < -0.39 is 0 Å². The summed E-state index contributed by atoms with van der Waals surface area (Å²) in [5.41, 5.74) is 5.45. The third-order valence-electron chi connectivity index (χ3n) is 8.59. The molecule has 4 heterocycles. The monoisotopic (exact) mass is 567 g/mol. The summed E-state index contributed by atoms with van der Waals surface area (Å²) in [5, 5.41) is 8.23. The van der Waals surface area contributed by atoms with Gasteiger partial charge in [0, 0.05) is 41.9 Å². The molecule has 0 aliphatic rings. The van der Waals surface area contributed by atoms with Crippen LogP contribution in [0.15, 0.2) is 132 Å². The summed E-state index contributed by atoms with van der Waals surface area (Å²) < 4.78 is 11.4. The van der Waals surface area contributed by atoms with Crippen LogP contribution in [-0.4, -0.2) is 14.5 Å². The van der Waals surface area contributed by atoms with Gasteiger partial charge in [-0.15, -0.1) is 11.3 Å². The molecule has 4 nitrogen and oxygen atoms in total. The third-order valence-corrected chi connectivity index (χ3v) is 9.74. The number of para-hydroxylation sites is 2. The van der Waals surface area contributed by atoms with E-state index in [1.807, 2.05) is 29.5 Å². The molecule has 0 radical (unpaired) electrons. The van der Waals surface area contributed by atoms with Gasteiger partial charge in [0.25, 0.3) is 0 Å². The van der Waals surface area contributed by atoms with Crippen LogP contribution in [-0.2, 0) is 0 Å². The molecule has 6 aromatic carbocycles. The minimum absolute atomic E-state index is 0.679. The van der Waals surface area contributed by atoms with Crippen LogP contribution in [0.25, 0.3) is 92.0 Å². The van der Waals surface area contributed by atoms with E-state index >= 15 is 0 Å². The Kier molecular flexibility index (Phi) is 4.57. The van der Waals surface area contributed by atoms with E-state index in [4.69, 9.17) is 14.4 Å². The van der Waals surface area contributed by atoms with Crippen LogP contribution < -0.4 is 0 Å². The fourth-order valence-corrected chi connectivity index (χ4v) is 7.69. The lowest BCUT2D eigenvalue weighted by atomic mass is 10.1. The average molecular weight is 568 g/mol. The number of hydrogen-bond donors (Lipinski definition) is 0. The van der Waals surface area contributed by atoms with E-state index in [9.17, 15) is 0 Å². The Labute approximate surface area is 249 Å². The highest BCUT2D eigenvalue weighted by Crippen LogP contribution is 2.40. The first-order valence-electron chi connectivity index (χ1n) is 14.3. The second kappa shape index (κ2) is 8.51. The van der Waals surface area contributed by atoms with Crippen molar-refractivity contribution in [1.82, 2.24) is 14.5 Å². The van der Waals surface area contributed by atoms with Gasteiger partial charge < -0.3 is 4.42 Å². The molecule has 0 aliphatic heterocycles. The van der Waals surface area contributed by atoms with Crippen molar-refractivity contribution < 1.29 is 4.42 Å². The predicted molar refractivity (Wildman–Crippen MR) is 179 cm³/mol. The number of nitrogens with zero attached hydrogens (tertiary/aromatic N) is 3. The lowest BCUT2D eigenvalue weighted by Crippen LogP contribution is -2.01. The summed E-state index contributed by atoms with van der Waals surface area (Å²) in [6, 6.07) is 44.9. The zero-order valence-corrected chi connectivity index (χ0v) is 23.6. The van der Waals surface area contributed by atoms with Gasteiger partial charge in [0.2, 0.25) is 0 Å². The highest BCUT2D eigenvalue weighted by Gasteiger charge is 2.22. The molecule has 0 bridgehead atoms. The molecule has 0 unspecified atom stereocenters. The predicted octanol–water partition coefficient (Wildman–Crippen LogP) is 10.7. The standard InChI is InChI=1S/C38H21N3OS/c1-2-10-23-21-31-28(19-22(23)9-1)25-11-3-6-14-30(25)41(31)38-36-35(27-13-4-7-15-32(27)42-36)39-37(40-38)24-17-18-34-29(20-24)26-12-5-8-16-33(26)43-34/h1-21H. The van der Waals surface area contributed by atoms with Gasteiger partial charge in [-0.2, -0.15) is 0 Å². The minimum atomic E-state index is 0.679. The Balaban J connectivity index is 1.35. The highest BCUT2D eigenvalue weighted by molar-refractivity contribution is 7.25. The molecule has 0 saturated heterocycles. The van der Waals surface area contributed by atoms with Crippen LogP contribution in [0.4, 0.5) is 0 Å². The van der Waals surface area contributed by atoms with E-state index in [1.165, 1.54) is 41.7 Å². The maximum absolute atomic E-state index is 6.55. The van der Waals surface area contributed by atoms with Gasteiger partial charge in [-0.3, -0.25) is 4.57 Å². The molecule has 5 heteroatoms. The number of benzene rings is 6. The maximum atomic E-state index is 6.55. The Morgan fingerprint density at radius 2 is 1.26 bits per heavy atom. The molecule has 43 heavy (non-hydrogen) atoms. The van der Waals surface area contributed by atoms with Crippen molar-refractivity contribution in [2.24, 2.45) is 0 Å². The minimum Gasteiger partial charge on any atom is -0.450 e. The van der Waals surface area contributed by atoms with Gasteiger partial charge in [0.05, 0.1) is 11.0 Å². The number of hydrogen-bond acceptors (Lipinski definition) is 4. The fraction of sp³-hybridized carbons (Fsp3) is 0. The van der Waals surface area contributed by atoms with Gasteiger partial charge >= 0.3 is 0 Å². The van der Waals surface area contributed by atoms with Crippen LogP contribution in [0, 0.1) is 0 Å². The first-order valence-corrected chi connectivity index (χ1v) is 15.2. The van der Waals surface area contributed by atoms with Crippen molar-refractivity contribution in [3.8, 4) is 17.2 Å². The Bertz CT molecular complexity index is 2750. The quantitative estimate of drug-likeness (QED) is 0.209. The van der Waals surface area contributed by atoms with E-state index in [-0.39, 0.29) is 0 Å². The zero-order chi connectivity index (χ0) is 28.1. The summed E-state index contributed by atoms with van der Waals surface area (Å²) >= 11 is 1.82. The molecule has 0 aliphatic carbocycles. The molecule has 200 valence electrons. The summed E-state index contributed by atoms with van der Waals surface area (Å²) in [4.78, 5) is 10.5. The summed E-state index contributed by atoms with van der Waals surface area (Å²) in [7, 11) is 0. The van der Waals surface area contributed by atoms with Crippen molar-refractivity contribution in [3.63, 3.8) is 0 Å². The van der Waals surface area contributed by atoms with Crippen LogP contribution in [0.1, 0.15) is 0 Å². The van der Waals surface area contributed by atoms with E-state index in [2.05, 4.69) is 114 Å². The third kappa shape index (κ3) is 3.25. The lowest BCUT2D eigenvalue weighted by Gasteiger charge is -2.10. The highest BCUT2D eigenvalue weighted by atomic mass is 32.1. The SMILES string of the molecule is c1ccc2cc3c(cc2c1)c1ccccc1n3-c1nc(-c2ccc3sc4ccccc4c3c2)nc2c1oc1ccccc12. The number of fused-ring (bicyclic) bond motifs is 10. The summed E-state index contributed by atoms with van der Waals surface area (Å²) in [6.45, 7) is 0. The molecule has 10 rings (SSSR count). The summed E-state index contributed by atoms with van der Waals surface area (Å²) in [5.74, 6) is 1.42. The molecular formula is C38H21N3OS. The lowest BCUT2D eigenvalue weighted by molar-refractivity contribution is 0.662. The van der Waals surface area contributed by atoms with Crippen molar-refractivity contribution in [3.05, 3.63) is 127 Å².